The number of para-hydroxylation sites is 1. The Labute approximate surface area is 101 Å². The Morgan fingerprint density at radius 3 is 2.59 bits per heavy atom. The van der Waals surface area contributed by atoms with Gasteiger partial charge >= 0.3 is 0 Å². The van der Waals surface area contributed by atoms with E-state index in [2.05, 4.69) is 16.9 Å². The van der Waals surface area contributed by atoms with Gasteiger partial charge in [0.2, 0.25) is 5.96 Å². The summed E-state index contributed by atoms with van der Waals surface area (Å²) in [7, 11) is 0. The summed E-state index contributed by atoms with van der Waals surface area (Å²) in [5, 5.41) is 0. The summed E-state index contributed by atoms with van der Waals surface area (Å²) in [6.07, 6.45) is 1.98. The van der Waals surface area contributed by atoms with Crippen LogP contribution in [0.1, 0.15) is 19.8 Å². The van der Waals surface area contributed by atoms with Crippen LogP contribution in [0.5, 0.6) is 0 Å². The van der Waals surface area contributed by atoms with Crippen molar-refractivity contribution in [2.75, 3.05) is 6.61 Å². The average molecular weight is 234 g/mol. The molecule has 0 atom stereocenters. The van der Waals surface area contributed by atoms with Gasteiger partial charge in [-0.05, 0) is 18.6 Å². The van der Waals surface area contributed by atoms with E-state index in [0.717, 1.165) is 18.5 Å². The van der Waals surface area contributed by atoms with Gasteiger partial charge in [0.25, 0.3) is 6.02 Å². The number of rotatable bonds is 4. The molecule has 0 aliphatic rings. The second kappa shape index (κ2) is 7.27. The molecule has 0 aromatic heterocycles. The minimum absolute atomic E-state index is 0.0515. The molecule has 0 fully saturated rings. The maximum atomic E-state index is 5.61. The summed E-state index contributed by atoms with van der Waals surface area (Å²) in [6.45, 7) is 2.62. The zero-order chi connectivity index (χ0) is 12.5. The van der Waals surface area contributed by atoms with Crippen molar-refractivity contribution < 1.29 is 4.74 Å². The Bertz CT molecular complexity index is 387. The molecule has 0 amide bonds. The highest BCUT2D eigenvalue weighted by Gasteiger charge is 1.95. The molecule has 17 heavy (non-hydrogen) atoms. The van der Waals surface area contributed by atoms with Crippen LogP contribution in [0.2, 0.25) is 0 Å². The average Bonchev–Trinajstić information content (AvgIpc) is 2.30. The molecular weight excluding hydrogens is 216 g/mol. The second-order valence-corrected chi connectivity index (χ2v) is 3.46. The molecule has 4 N–H and O–H groups in total. The molecule has 0 aliphatic heterocycles. The van der Waals surface area contributed by atoms with Crippen molar-refractivity contribution in [3.05, 3.63) is 30.3 Å². The largest absolute Gasteiger partial charge is 0.465 e. The highest BCUT2D eigenvalue weighted by molar-refractivity contribution is 5.92. The number of guanidine groups is 1. The molecule has 1 aromatic carbocycles. The molecule has 0 heterocycles. The molecule has 0 aliphatic carbocycles. The van der Waals surface area contributed by atoms with Crippen LogP contribution in [0.3, 0.4) is 0 Å². The van der Waals surface area contributed by atoms with Gasteiger partial charge in [-0.3, -0.25) is 0 Å². The summed E-state index contributed by atoms with van der Waals surface area (Å²) in [5.74, 6) is 0.0881. The molecule has 0 spiro atoms. The third-order valence-electron chi connectivity index (χ3n) is 1.97. The number of amidine groups is 1. The monoisotopic (exact) mass is 234 g/mol. The van der Waals surface area contributed by atoms with Crippen molar-refractivity contribution in [3.63, 3.8) is 0 Å². The van der Waals surface area contributed by atoms with E-state index in [4.69, 9.17) is 16.2 Å². The first-order valence-electron chi connectivity index (χ1n) is 5.58. The minimum atomic E-state index is 0.0515. The van der Waals surface area contributed by atoms with Gasteiger partial charge in [0, 0.05) is 0 Å². The van der Waals surface area contributed by atoms with Gasteiger partial charge in [-0.1, -0.05) is 31.5 Å². The second-order valence-electron chi connectivity index (χ2n) is 3.46. The number of aliphatic imine (C=N–C) groups is 2. The Morgan fingerprint density at radius 1 is 1.24 bits per heavy atom. The predicted molar refractivity (Wildman–Crippen MR) is 70.2 cm³/mol. The highest BCUT2D eigenvalue weighted by atomic mass is 16.5. The van der Waals surface area contributed by atoms with Gasteiger partial charge in [0.1, 0.15) is 0 Å². The molecule has 1 aromatic rings. The van der Waals surface area contributed by atoms with Crippen molar-refractivity contribution in [2.45, 2.75) is 19.8 Å². The molecule has 0 bridgehead atoms. The highest BCUT2D eigenvalue weighted by Crippen LogP contribution is 2.09. The first-order valence-corrected chi connectivity index (χ1v) is 5.58. The van der Waals surface area contributed by atoms with Crippen molar-refractivity contribution in [1.82, 2.24) is 0 Å². The van der Waals surface area contributed by atoms with Crippen LogP contribution < -0.4 is 11.5 Å². The quantitative estimate of drug-likeness (QED) is 0.473. The number of unbranched alkanes of at least 4 members (excludes halogenated alkanes) is 1. The number of hydrogen-bond donors (Lipinski definition) is 2. The predicted octanol–water partition coefficient (Wildman–Crippen LogP) is 1.76. The fourth-order valence-electron chi connectivity index (χ4n) is 1.13. The lowest BCUT2D eigenvalue weighted by molar-refractivity contribution is 0.292. The smallest absolute Gasteiger partial charge is 0.289 e. The van der Waals surface area contributed by atoms with Crippen molar-refractivity contribution in [2.24, 2.45) is 21.5 Å². The maximum absolute atomic E-state index is 5.61. The number of hydrogen-bond acceptors (Lipinski definition) is 2. The molecule has 5 nitrogen and oxygen atoms in total. The SMILES string of the molecule is CCCCO/C(N)=N/C(N)=Nc1ccccc1. The van der Waals surface area contributed by atoms with Crippen molar-refractivity contribution in [1.29, 1.82) is 0 Å². The number of ether oxygens (including phenoxy) is 1. The van der Waals surface area contributed by atoms with Crippen LogP contribution in [0.15, 0.2) is 40.3 Å². The van der Waals surface area contributed by atoms with Gasteiger partial charge in [-0.25, -0.2) is 4.99 Å². The van der Waals surface area contributed by atoms with E-state index in [1.165, 1.54) is 0 Å². The first-order chi connectivity index (χ1) is 8.22. The van der Waals surface area contributed by atoms with E-state index >= 15 is 0 Å². The Kier molecular flexibility index (Phi) is 5.57. The molecule has 0 saturated heterocycles. The molecule has 0 saturated carbocycles. The van der Waals surface area contributed by atoms with Crippen LogP contribution in [0.25, 0.3) is 0 Å². The lowest BCUT2D eigenvalue weighted by Crippen LogP contribution is -2.21. The third-order valence-corrected chi connectivity index (χ3v) is 1.97. The number of benzene rings is 1. The Balaban J connectivity index is 2.55. The molecule has 1 rings (SSSR count). The van der Waals surface area contributed by atoms with Crippen LogP contribution in [0.4, 0.5) is 5.69 Å². The molecule has 0 unspecified atom stereocenters. The topological polar surface area (TPSA) is 86.0 Å². The number of nitrogens with zero attached hydrogens (tertiary/aromatic N) is 2. The van der Waals surface area contributed by atoms with E-state index in [9.17, 15) is 0 Å². The first kappa shape index (κ1) is 13.0. The lowest BCUT2D eigenvalue weighted by atomic mass is 10.3. The molecule has 5 heteroatoms. The Morgan fingerprint density at radius 2 is 1.94 bits per heavy atom. The van der Waals surface area contributed by atoms with Crippen molar-refractivity contribution >= 4 is 17.7 Å². The van der Waals surface area contributed by atoms with Crippen LogP contribution in [0, 0.1) is 0 Å². The van der Waals surface area contributed by atoms with Gasteiger partial charge < -0.3 is 16.2 Å². The lowest BCUT2D eigenvalue weighted by Gasteiger charge is -2.02. The van der Waals surface area contributed by atoms with Gasteiger partial charge in [-0.2, -0.15) is 4.99 Å². The maximum Gasteiger partial charge on any atom is 0.289 e. The normalized spacial score (nSPS) is 12.5. The zero-order valence-electron chi connectivity index (χ0n) is 9.97. The van der Waals surface area contributed by atoms with Gasteiger partial charge in [0.15, 0.2) is 0 Å². The summed E-state index contributed by atoms with van der Waals surface area (Å²) < 4.78 is 5.16. The Hall–Kier alpha value is -2.04. The van der Waals surface area contributed by atoms with E-state index in [-0.39, 0.29) is 12.0 Å². The fraction of sp³-hybridized carbons (Fsp3) is 0.333. The van der Waals surface area contributed by atoms with Crippen LogP contribution in [-0.4, -0.2) is 18.6 Å². The standard InChI is InChI=1S/C12H18N4O/c1-2-3-9-17-12(14)16-11(13)15-10-7-5-4-6-8-10/h4-8H,2-3,9H2,1H3,(H4,13,14,15,16). The molecule has 0 radical (unpaired) electrons. The summed E-state index contributed by atoms with van der Waals surface area (Å²) in [5.41, 5.74) is 11.9. The van der Waals surface area contributed by atoms with Gasteiger partial charge in [-0.15, -0.1) is 0 Å². The summed E-state index contributed by atoms with van der Waals surface area (Å²) in [6, 6.07) is 9.36. The minimum Gasteiger partial charge on any atom is -0.465 e. The van der Waals surface area contributed by atoms with E-state index in [1.807, 2.05) is 30.3 Å². The summed E-state index contributed by atoms with van der Waals surface area (Å²) in [4.78, 5) is 7.92. The third kappa shape index (κ3) is 5.55. The van der Waals surface area contributed by atoms with E-state index in [1.54, 1.807) is 0 Å². The fourth-order valence-corrected chi connectivity index (χ4v) is 1.13. The van der Waals surface area contributed by atoms with Crippen molar-refractivity contribution in [3.8, 4) is 0 Å². The van der Waals surface area contributed by atoms with E-state index in [0.29, 0.717) is 6.61 Å². The zero-order valence-corrected chi connectivity index (χ0v) is 9.97. The van der Waals surface area contributed by atoms with Gasteiger partial charge in [0.05, 0.1) is 12.3 Å². The van der Waals surface area contributed by atoms with Crippen LogP contribution >= 0.6 is 0 Å². The van der Waals surface area contributed by atoms with E-state index < -0.39 is 0 Å². The summed E-state index contributed by atoms with van der Waals surface area (Å²) >= 11 is 0. The molecular formula is C12H18N4O. The number of nitrogens with two attached hydrogens (primary N) is 2. The molecule has 92 valence electrons. The van der Waals surface area contributed by atoms with Crippen LogP contribution in [-0.2, 0) is 4.74 Å².